The summed E-state index contributed by atoms with van der Waals surface area (Å²) >= 11 is 1.37. The highest BCUT2D eigenvalue weighted by molar-refractivity contribution is 7.17. The second-order valence-electron chi connectivity index (χ2n) is 20.6. The SMILES string of the molecule is CCCCCCCCC(CCCCCC)C(=O)OCCCCCC(=O)Nc1sc2c(c1C(=O)OCCN(C)C)CCN(C(=O)CCCCCOC(=O)C(CCCCCCCC)CCCCCCCC)C2. The van der Waals surface area contributed by atoms with Gasteiger partial charge in [0.1, 0.15) is 11.6 Å². The fourth-order valence-electron chi connectivity index (χ4n) is 9.45. The molecule has 1 aromatic rings. The summed E-state index contributed by atoms with van der Waals surface area (Å²) in [6.07, 6.45) is 35.7. The molecule has 0 aromatic carbocycles. The molecule has 1 atom stereocenters. The number of likely N-dealkylation sites (N-methyl/N-ethyl adjacent to an activating group) is 1. The van der Waals surface area contributed by atoms with E-state index < -0.39 is 5.97 Å². The van der Waals surface area contributed by atoms with Gasteiger partial charge in [-0.2, -0.15) is 0 Å². The van der Waals surface area contributed by atoms with Gasteiger partial charge in [0.05, 0.1) is 37.2 Å². The Morgan fingerprint density at radius 3 is 1.44 bits per heavy atom. The molecule has 404 valence electrons. The van der Waals surface area contributed by atoms with Gasteiger partial charge in [-0.25, -0.2) is 4.79 Å². The van der Waals surface area contributed by atoms with E-state index in [0.717, 1.165) is 93.9 Å². The van der Waals surface area contributed by atoms with Gasteiger partial charge in [0.2, 0.25) is 11.8 Å². The van der Waals surface area contributed by atoms with Crippen molar-refractivity contribution < 1.29 is 38.2 Å². The first-order chi connectivity index (χ1) is 34.1. The first-order valence-corrected chi connectivity index (χ1v) is 29.7. The van der Waals surface area contributed by atoms with Crippen molar-refractivity contribution in [3.8, 4) is 0 Å². The Morgan fingerprint density at radius 1 is 0.543 bits per heavy atom. The molecule has 1 aliphatic heterocycles. The molecule has 0 saturated carbocycles. The quantitative estimate of drug-likeness (QED) is 0.0385. The standard InChI is InChI=1S/C58H103N3O8S/c1-7-11-15-19-22-28-36-48(35-27-18-14-10-4)56(64)67-44-33-25-31-39-52(62)59-55-54(58(66)69-46-43-60(5)6)50-41-42-61(47-51(50)70-55)53(63)40-32-26-34-45-68-57(65)49(37-29-23-20-16-12-8-2)38-30-24-21-17-13-9-3/h48-49H,7-47H2,1-6H3,(H,59,62). The second kappa shape index (κ2) is 41.5. The molecule has 0 aliphatic carbocycles. The zero-order chi connectivity index (χ0) is 51.0. The van der Waals surface area contributed by atoms with E-state index in [2.05, 4.69) is 33.0 Å². The number of thiophene rings is 1. The minimum Gasteiger partial charge on any atom is -0.465 e. The van der Waals surface area contributed by atoms with E-state index >= 15 is 0 Å². The maximum absolute atomic E-state index is 13.6. The third kappa shape index (κ3) is 28.9. The fraction of sp³-hybridized carbons (Fsp3) is 0.845. The number of unbranched alkanes of at least 4 members (excludes halogenated alkanes) is 22. The molecule has 0 saturated heterocycles. The van der Waals surface area contributed by atoms with E-state index in [1.165, 1.54) is 120 Å². The smallest absolute Gasteiger partial charge is 0.341 e. The summed E-state index contributed by atoms with van der Waals surface area (Å²) < 4.78 is 17.3. The highest BCUT2D eigenvalue weighted by atomic mass is 32.1. The Balaban J connectivity index is 1.87. The van der Waals surface area contributed by atoms with Gasteiger partial charge in [-0.05, 0) is 90.3 Å². The molecule has 2 rings (SSSR count). The Hall–Kier alpha value is -2.99. The van der Waals surface area contributed by atoms with Gasteiger partial charge in [0.25, 0.3) is 0 Å². The Bertz CT molecular complexity index is 1530. The predicted molar refractivity (Wildman–Crippen MR) is 289 cm³/mol. The number of carbonyl (C=O) groups is 5. The van der Waals surface area contributed by atoms with E-state index in [1.54, 1.807) is 0 Å². The summed E-state index contributed by atoms with van der Waals surface area (Å²) in [6, 6.07) is 0. The van der Waals surface area contributed by atoms with E-state index in [-0.39, 0.29) is 48.6 Å². The highest BCUT2D eigenvalue weighted by Crippen LogP contribution is 2.38. The van der Waals surface area contributed by atoms with Crippen LogP contribution in [0.3, 0.4) is 0 Å². The zero-order valence-corrected chi connectivity index (χ0v) is 46.5. The first-order valence-electron chi connectivity index (χ1n) is 28.9. The number of esters is 3. The van der Waals surface area contributed by atoms with Crippen LogP contribution in [0.5, 0.6) is 0 Å². The van der Waals surface area contributed by atoms with Crippen molar-refractivity contribution in [2.75, 3.05) is 52.3 Å². The van der Waals surface area contributed by atoms with Crippen molar-refractivity contribution in [1.82, 2.24) is 9.80 Å². The average molecular weight is 1000 g/mol. The van der Waals surface area contributed by atoms with Crippen LogP contribution in [0.4, 0.5) is 5.00 Å². The maximum atomic E-state index is 13.6. The van der Waals surface area contributed by atoms with Gasteiger partial charge >= 0.3 is 17.9 Å². The molecular weight excluding hydrogens is 899 g/mol. The molecule has 11 nitrogen and oxygen atoms in total. The molecule has 12 heteroatoms. The van der Waals surface area contributed by atoms with Gasteiger partial charge < -0.3 is 29.3 Å². The van der Waals surface area contributed by atoms with Gasteiger partial charge in [-0.15, -0.1) is 11.3 Å². The van der Waals surface area contributed by atoms with Gasteiger partial charge in [0, 0.05) is 30.8 Å². The number of amides is 2. The van der Waals surface area contributed by atoms with Crippen LogP contribution in [0.25, 0.3) is 0 Å². The van der Waals surface area contributed by atoms with Gasteiger partial charge in [-0.1, -0.05) is 169 Å². The lowest BCUT2D eigenvalue weighted by Gasteiger charge is -2.27. The third-order valence-electron chi connectivity index (χ3n) is 14.0. The minimum atomic E-state index is -0.451. The van der Waals surface area contributed by atoms with Crippen molar-refractivity contribution in [3.05, 3.63) is 16.0 Å². The molecule has 0 radical (unpaired) electrons. The number of ether oxygens (including phenoxy) is 3. The van der Waals surface area contributed by atoms with Gasteiger partial charge in [-0.3, -0.25) is 19.2 Å². The van der Waals surface area contributed by atoms with Crippen molar-refractivity contribution in [3.63, 3.8) is 0 Å². The number of hydrogen-bond donors (Lipinski definition) is 1. The Labute approximate surface area is 431 Å². The third-order valence-corrected chi connectivity index (χ3v) is 15.1. The van der Waals surface area contributed by atoms with E-state index in [1.807, 2.05) is 23.9 Å². The monoisotopic (exact) mass is 1000 g/mol. The number of hydrogen-bond acceptors (Lipinski definition) is 10. The number of anilines is 1. The lowest BCUT2D eigenvalue weighted by atomic mass is 9.94. The lowest BCUT2D eigenvalue weighted by Crippen LogP contribution is -2.35. The number of nitrogens with one attached hydrogen (secondary N) is 1. The van der Waals surface area contributed by atoms with E-state index in [4.69, 9.17) is 14.2 Å². The highest BCUT2D eigenvalue weighted by Gasteiger charge is 2.31. The molecule has 0 spiro atoms. The van der Waals surface area contributed by atoms with Crippen molar-refractivity contribution >= 4 is 46.1 Å². The molecule has 1 aromatic heterocycles. The van der Waals surface area contributed by atoms with Crippen LogP contribution in [-0.4, -0.2) is 86.5 Å². The van der Waals surface area contributed by atoms with E-state index in [0.29, 0.717) is 69.1 Å². The largest absolute Gasteiger partial charge is 0.465 e. The molecule has 0 fully saturated rings. The summed E-state index contributed by atoms with van der Waals surface area (Å²) in [5.74, 6) is -0.690. The minimum absolute atomic E-state index is 0.00816. The molecule has 2 heterocycles. The molecule has 1 unspecified atom stereocenters. The number of rotatable bonds is 45. The van der Waals surface area contributed by atoms with Crippen LogP contribution in [0.15, 0.2) is 0 Å². The van der Waals surface area contributed by atoms with Crippen LogP contribution in [-0.2, 0) is 46.4 Å². The van der Waals surface area contributed by atoms with Crippen LogP contribution < -0.4 is 5.32 Å². The number of fused-ring (bicyclic) bond motifs is 1. The Morgan fingerprint density at radius 2 is 0.971 bits per heavy atom. The molecule has 2 amide bonds. The van der Waals surface area contributed by atoms with Crippen molar-refractivity contribution in [2.45, 2.75) is 259 Å². The first kappa shape index (κ1) is 63.1. The van der Waals surface area contributed by atoms with Crippen molar-refractivity contribution in [2.24, 2.45) is 11.8 Å². The number of nitrogens with zero attached hydrogens (tertiary/aromatic N) is 2. The molecule has 1 aliphatic rings. The van der Waals surface area contributed by atoms with Crippen LogP contribution in [0.2, 0.25) is 0 Å². The zero-order valence-electron chi connectivity index (χ0n) is 45.7. The summed E-state index contributed by atoms with van der Waals surface area (Å²) in [4.78, 5) is 71.3. The topological polar surface area (TPSA) is 132 Å². The van der Waals surface area contributed by atoms with Crippen molar-refractivity contribution in [1.29, 1.82) is 0 Å². The van der Waals surface area contributed by atoms with Crippen LogP contribution in [0.1, 0.15) is 267 Å². The molecule has 1 N–H and O–H groups in total. The molecule has 0 bridgehead atoms. The summed E-state index contributed by atoms with van der Waals surface area (Å²) in [7, 11) is 3.84. The van der Waals surface area contributed by atoms with Crippen LogP contribution >= 0.6 is 11.3 Å². The lowest BCUT2D eigenvalue weighted by molar-refractivity contribution is -0.150. The fourth-order valence-corrected chi connectivity index (χ4v) is 10.7. The summed E-state index contributed by atoms with van der Waals surface area (Å²) in [6.45, 7) is 11.4. The average Bonchev–Trinajstić information content (AvgIpc) is 3.70. The predicted octanol–water partition coefficient (Wildman–Crippen LogP) is 15.0. The summed E-state index contributed by atoms with van der Waals surface area (Å²) in [5.41, 5.74) is 1.27. The summed E-state index contributed by atoms with van der Waals surface area (Å²) in [5, 5.41) is 3.52. The molecule has 70 heavy (non-hydrogen) atoms. The maximum Gasteiger partial charge on any atom is 0.341 e. The van der Waals surface area contributed by atoms with Gasteiger partial charge in [0.15, 0.2) is 0 Å². The normalized spacial score (nSPS) is 12.9. The van der Waals surface area contributed by atoms with E-state index in [9.17, 15) is 24.0 Å². The van der Waals surface area contributed by atoms with Crippen LogP contribution in [0, 0.1) is 11.8 Å². The number of carbonyl (C=O) groups excluding carboxylic acids is 5. The Kier molecular flexibility index (Phi) is 37.4. The molecular formula is C58H103N3O8S. The second-order valence-corrected chi connectivity index (χ2v) is 21.7.